The van der Waals surface area contributed by atoms with E-state index in [2.05, 4.69) is 15.9 Å². The molecule has 2 N–H and O–H groups in total. The number of benzene rings is 1. The van der Waals surface area contributed by atoms with Crippen LogP contribution in [-0.2, 0) is 16.6 Å². The number of hydrogen-bond donors (Lipinski definition) is 2. The fourth-order valence-electron chi connectivity index (χ4n) is 8.89. The quantitative estimate of drug-likeness (QED) is 0.723. The van der Waals surface area contributed by atoms with E-state index in [1.54, 1.807) is 6.07 Å². The van der Waals surface area contributed by atoms with Gasteiger partial charge in [0.15, 0.2) is 11.5 Å². The van der Waals surface area contributed by atoms with Gasteiger partial charge in [-0.3, -0.25) is 9.69 Å². The highest BCUT2D eigenvalue weighted by molar-refractivity contribution is 5.97. The number of piperidine rings is 1. The minimum Gasteiger partial charge on any atom is -0.504 e. The zero-order valence-electron chi connectivity index (χ0n) is 19.8. The summed E-state index contributed by atoms with van der Waals surface area (Å²) in [6.45, 7) is 2.76. The first-order valence-corrected chi connectivity index (χ1v) is 13.5. The summed E-state index contributed by atoms with van der Waals surface area (Å²) in [6, 6.07) is 3.84. The topological polar surface area (TPSA) is 73.2 Å². The summed E-state index contributed by atoms with van der Waals surface area (Å²) in [4.78, 5) is 18.2. The first-order chi connectivity index (χ1) is 16.5. The van der Waals surface area contributed by atoms with Gasteiger partial charge in [0.2, 0.25) is 5.91 Å². The molecule has 1 amide bonds. The first-order valence-electron chi connectivity index (χ1n) is 13.5. The van der Waals surface area contributed by atoms with Crippen molar-refractivity contribution in [2.45, 2.75) is 93.4 Å². The van der Waals surface area contributed by atoms with Gasteiger partial charge in [0, 0.05) is 30.3 Å². The molecule has 34 heavy (non-hydrogen) atoms. The molecule has 1 saturated heterocycles. The van der Waals surface area contributed by atoms with Crippen LogP contribution in [-0.4, -0.2) is 69.3 Å². The molecule has 5 atom stereocenters. The lowest BCUT2D eigenvalue weighted by Gasteiger charge is -2.64. The van der Waals surface area contributed by atoms with Gasteiger partial charge in [0.05, 0.1) is 17.1 Å². The molecule has 7 aliphatic rings. The Morgan fingerprint density at radius 2 is 1.97 bits per heavy atom. The number of phenols is 1. The predicted molar refractivity (Wildman–Crippen MR) is 126 cm³/mol. The molecule has 3 heterocycles. The van der Waals surface area contributed by atoms with Crippen LogP contribution in [0.4, 0.5) is 0 Å². The molecule has 3 fully saturated rings. The normalized spacial score (nSPS) is 40.3. The molecular formula is C28H34N2O4. The van der Waals surface area contributed by atoms with Crippen molar-refractivity contribution >= 4 is 5.91 Å². The number of phenolic OH excluding ortho intramolecular Hbond substituents is 1. The standard InChI is InChI=1S/C28H34N2O4/c31-21-8-7-17-13-22-28(33)10-9-20(30-15-18-3-1-2-4-19(18)26(30)32)25-27(28,23(17)24(21)34-25)11-12-29(22)14-16-5-6-16/h7-8,16,20,22,25,31,33H,1-6,9-15H2/t20?,22-,25-,27-,28+/m0/s1. The second-order valence-electron chi connectivity index (χ2n) is 12.1. The van der Waals surface area contributed by atoms with Gasteiger partial charge in [-0.1, -0.05) is 6.07 Å². The van der Waals surface area contributed by atoms with Gasteiger partial charge in [-0.25, -0.2) is 0 Å². The lowest BCUT2D eigenvalue weighted by atomic mass is 9.48. The van der Waals surface area contributed by atoms with Gasteiger partial charge < -0.3 is 19.8 Å². The zero-order valence-corrected chi connectivity index (χ0v) is 19.8. The highest BCUT2D eigenvalue weighted by Gasteiger charge is 2.73. The summed E-state index contributed by atoms with van der Waals surface area (Å²) in [7, 11) is 0. The summed E-state index contributed by atoms with van der Waals surface area (Å²) in [6.07, 6.45) is 9.62. The van der Waals surface area contributed by atoms with Gasteiger partial charge in [0.25, 0.3) is 0 Å². The summed E-state index contributed by atoms with van der Waals surface area (Å²) in [5.41, 5.74) is 3.21. The van der Waals surface area contributed by atoms with E-state index >= 15 is 0 Å². The molecule has 0 aromatic heterocycles. The Morgan fingerprint density at radius 3 is 2.79 bits per heavy atom. The fourth-order valence-corrected chi connectivity index (χ4v) is 8.89. The molecule has 2 bridgehead atoms. The van der Waals surface area contributed by atoms with Crippen LogP contribution in [0, 0.1) is 5.92 Å². The Hall–Kier alpha value is -2.05. The SMILES string of the molecule is O=C1C2=C(CCCC2)CN1C1CC[C@@]2(O)[C@@H]3Cc4ccc(O)c5c4[C@@]2(CCN3CC2CC2)[C@H]1O5. The van der Waals surface area contributed by atoms with E-state index in [0.717, 1.165) is 75.2 Å². The average Bonchev–Trinajstić information content (AvgIpc) is 3.49. The molecule has 2 saturated carbocycles. The average molecular weight is 463 g/mol. The minimum atomic E-state index is -0.886. The number of hydrogen-bond acceptors (Lipinski definition) is 5. The smallest absolute Gasteiger partial charge is 0.250 e. The number of nitrogens with zero attached hydrogens (tertiary/aromatic N) is 2. The number of aromatic hydroxyl groups is 1. The lowest BCUT2D eigenvalue weighted by Crippen LogP contribution is -2.78. The highest BCUT2D eigenvalue weighted by atomic mass is 16.5. The van der Waals surface area contributed by atoms with Crippen molar-refractivity contribution in [2.75, 3.05) is 19.6 Å². The number of ether oxygens (including phenoxy) is 1. The number of carbonyl (C=O) groups is 1. The van der Waals surface area contributed by atoms with Crippen molar-refractivity contribution in [3.05, 3.63) is 34.4 Å². The second-order valence-corrected chi connectivity index (χ2v) is 12.1. The molecular weight excluding hydrogens is 428 g/mol. The van der Waals surface area contributed by atoms with E-state index in [1.165, 1.54) is 30.4 Å². The molecule has 1 aromatic carbocycles. The fraction of sp³-hybridized carbons (Fsp3) is 0.679. The molecule has 8 rings (SSSR count). The van der Waals surface area contributed by atoms with Crippen LogP contribution in [0.5, 0.6) is 11.5 Å². The van der Waals surface area contributed by atoms with Gasteiger partial charge in [-0.15, -0.1) is 0 Å². The summed E-state index contributed by atoms with van der Waals surface area (Å²) >= 11 is 0. The molecule has 6 nitrogen and oxygen atoms in total. The van der Waals surface area contributed by atoms with Crippen LogP contribution in [0.2, 0.25) is 0 Å². The maximum absolute atomic E-state index is 13.6. The Kier molecular flexibility index (Phi) is 3.90. The summed E-state index contributed by atoms with van der Waals surface area (Å²) in [5, 5.41) is 23.5. The maximum Gasteiger partial charge on any atom is 0.250 e. The van der Waals surface area contributed by atoms with Crippen molar-refractivity contribution in [2.24, 2.45) is 5.92 Å². The van der Waals surface area contributed by atoms with Crippen molar-refractivity contribution in [1.82, 2.24) is 9.80 Å². The molecule has 1 spiro atoms. The highest BCUT2D eigenvalue weighted by Crippen LogP contribution is 2.66. The second kappa shape index (κ2) is 6.58. The van der Waals surface area contributed by atoms with Gasteiger partial charge >= 0.3 is 0 Å². The Morgan fingerprint density at radius 1 is 1.12 bits per heavy atom. The van der Waals surface area contributed by atoms with Gasteiger partial charge in [-0.2, -0.15) is 0 Å². The van der Waals surface area contributed by atoms with Crippen molar-refractivity contribution in [3.8, 4) is 11.5 Å². The molecule has 1 aromatic rings. The molecule has 180 valence electrons. The van der Waals surface area contributed by atoms with Crippen molar-refractivity contribution < 1.29 is 19.7 Å². The van der Waals surface area contributed by atoms with Crippen LogP contribution < -0.4 is 4.74 Å². The predicted octanol–water partition coefficient (Wildman–Crippen LogP) is 3.04. The van der Waals surface area contributed by atoms with E-state index in [4.69, 9.17) is 4.74 Å². The first kappa shape index (κ1) is 20.2. The third kappa shape index (κ3) is 2.32. The number of rotatable bonds is 3. The van der Waals surface area contributed by atoms with Crippen LogP contribution in [0.15, 0.2) is 23.3 Å². The Bertz CT molecular complexity index is 1140. The summed E-state index contributed by atoms with van der Waals surface area (Å²) < 4.78 is 6.69. The van der Waals surface area contributed by atoms with Crippen LogP contribution in [0.25, 0.3) is 0 Å². The van der Waals surface area contributed by atoms with E-state index < -0.39 is 11.0 Å². The molecule has 3 aliphatic heterocycles. The van der Waals surface area contributed by atoms with E-state index in [0.29, 0.717) is 12.2 Å². The zero-order chi connectivity index (χ0) is 22.8. The van der Waals surface area contributed by atoms with Crippen LogP contribution in [0.1, 0.15) is 68.9 Å². The molecule has 6 heteroatoms. The lowest BCUT2D eigenvalue weighted by molar-refractivity contribution is -0.200. The third-order valence-electron chi connectivity index (χ3n) is 10.6. The van der Waals surface area contributed by atoms with Gasteiger partial charge in [0.1, 0.15) is 6.10 Å². The van der Waals surface area contributed by atoms with Crippen molar-refractivity contribution in [1.29, 1.82) is 0 Å². The number of likely N-dealkylation sites (tertiary alicyclic amines) is 1. The number of amides is 1. The molecule has 4 aliphatic carbocycles. The van der Waals surface area contributed by atoms with Crippen LogP contribution >= 0.6 is 0 Å². The molecule has 1 unspecified atom stereocenters. The molecule has 0 radical (unpaired) electrons. The van der Waals surface area contributed by atoms with Crippen LogP contribution in [0.3, 0.4) is 0 Å². The Balaban J connectivity index is 1.24. The number of carbonyl (C=O) groups excluding carboxylic acids is 1. The van der Waals surface area contributed by atoms with Crippen molar-refractivity contribution in [3.63, 3.8) is 0 Å². The third-order valence-corrected chi connectivity index (χ3v) is 10.6. The summed E-state index contributed by atoms with van der Waals surface area (Å²) in [5.74, 6) is 1.73. The minimum absolute atomic E-state index is 0.0632. The maximum atomic E-state index is 13.6. The van der Waals surface area contributed by atoms with E-state index in [1.807, 2.05) is 0 Å². The van der Waals surface area contributed by atoms with Gasteiger partial charge in [-0.05, 0) is 93.9 Å². The van der Waals surface area contributed by atoms with E-state index in [-0.39, 0.29) is 29.8 Å². The largest absolute Gasteiger partial charge is 0.504 e. The Labute approximate surface area is 200 Å². The van der Waals surface area contributed by atoms with E-state index in [9.17, 15) is 15.0 Å². The number of aliphatic hydroxyl groups is 1. The monoisotopic (exact) mass is 462 g/mol.